The molecule has 0 bridgehead atoms. The molecule has 1 saturated heterocycles. The number of rotatable bonds is 4. The Balaban J connectivity index is 1.70. The van der Waals surface area contributed by atoms with Crippen molar-refractivity contribution in [2.75, 3.05) is 13.1 Å². The largest absolute Gasteiger partial charge is 0.342 e. The number of nitrogens with zero attached hydrogens (tertiary/aromatic N) is 1. The number of aryl methyl sites for hydroxylation is 2. The number of carbonyl (C=O) groups excluding carboxylic acids is 2. The summed E-state index contributed by atoms with van der Waals surface area (Å²) < 4.78 is 27.4. The van der Waals surface area contributed by atoms with E-state index in [1.54, 1.807) is 24.0 Å². The van der Waals surface area contributed by atoms with Gasteiger partial charge in [-0.3, -0.25) is 9.59 Å². The molecule has 7 heteroatoms. The van der Waals surface area contributed by atoms with Crippen LogP contribution < -0.4 is 4.72 Å². The van der Waals surface area contributed by atoms with Crippen LogP contribution in [0.1, 0.15) is 36.8 Å². The Kier molecular flexibility index (Phi) is 4.86. The fourth-order valence-corrected chi connectivity index (χ4v) is 4.62. The molecule has 0 aromatic heterocycles. The van der Waals surface area contributed by atoms with Gasteiger partial charge in [-0.2, -0.15) is 0 Å². The lowest BCUT2D eigenvalue weighted by Gasteiger charge is -2.32. The van der Waals surface area contributed by atoms with Crippen molar-refractivity contribution in [3.05, 3.63) is 29.3 Å². The average molecular weight is 364 g/mol. The molecule has 6 nitrogen and oxygen atoms in total. The van der Waals surface area contributed by atoms with Crippen molar-refractivity contribution in [2.24, 2.45) is 11.8 Å². The number of sulfonamides is 1. The minimum Gasteiger partial charge on any atom is -0.342 e. The van der Waals surface area contributed by atoms with Crippen LogP contribution in [-0.2, 0) is 19.6 Å². The highest BCUT2D eigenvalue weighted by atomic mass is 32.2. The third-order valence-electron chi connectivity index (χ3n) is 4.90. The normalized spacial score (nSPS) is 21.0. The van der Waals surface area contributed by atoms with Crippen LogP contribution in [0.2, 0.25) is 0 Å². The summed E-state index contributed by atoms with van der Waals surface area (Å²) in [6, 6.07) is 5.12. The predicted octanol–water partition coefficient (Wildman–Crippen LogP) is 1.76. The van der Waals surface area contributed by atoms with Crippen LogP contribution in [0.25, 0.3) is 0 Å². The first kappa shape index (κ1) is 17.9. The lowest BCUT2D eigenvalue weighted by Crippen LogP contribution is -2.47. The molecule has 1 heterocycles. The molecule has 1 aromatic rings. The molecule has 0 radical (unpaired) electrons. The highest BCUT2D eigenvalue weighted by Gasteiger charge is 2.37. The van der Waals surface area contributed by atoms with Gasteiger partial charge in [0.25, 0.3) is 10.0 Å². The maximum atomic E-state index is 12.6. The predicted molar refractivity (Wildman–Crippen MR) is 93.3 cm³/mol. The van der Waals surface area contributed by atoms with Gasteiger partial charge in [0.15, 0.2) is 0 Å². The van der Waals surface area contributed by atoms with Crippen molar-refractivity contribution in [1.82, 2.24) is 9.62 Å². The summed E-state index contributed by atoms with van der Waals surface area (Å²) in [5, 5.41) is 0. The molecule has 25 heavy (non-hydrogen) atoms. The molecule has 1 atom stereocenters. The monoisotopic (exact) mass is 364 g/mol. The van der Waals surface area contributed by atoms with Gasteiger partial charge in [-0.05, 0) is 56.7 Å². The van der Waals surface area contributed by atoms with E-state index in [-0.39, 0.29) is 16.7 Å². The quantitative estimate of drug-likeness (QED) is 0.882. The second-order valence-electron chi connectivity index (χ2n) is 7.14. The van der Waals surface area contributed by atoms with Gasteiger partial charge < -0.3 is 4.90 Å². The average Bonchev–Trinajstić information content (AvgIpc) is 3.41. The third-order valence-corrected chi connectivity index (χ3v) is 6.39. The Morgan fingerprint density at radius 2 is 1.84 bits per heavy atom. The standard InChI is InChI=1S/C18H24N2O4S/c1-12-5-6-13(2)16(10-12)25(23,24)19-17(21)15-4-3-9-20(11-15)18(22)14-7-8-14/h5-6,10,14-15H,3-4,7-9,11H2,1-2H3,(H,19,21). The lowest BCUT2D eigenvalue weighted by molar-refractivity contribution is -0.136. The van der Waals surface area contributed by atoms with Crippen LogP contribution in [0.5, 0.6) is 0 Å². The highest BCUT2D eigenvalue weighted by Crippen LogP contribution is 2.32. The molecular formula is C18H24N2O4S. The van der Waals surface area contributed by atoms with Crippen LogP contribution in [0.4, 0.5) is 0 Å². The summed E-state index contributed by atoms with van der Waals surface area (Å²) in [5.41, 5.74) is 1.41. The van der Waals surface area contributed by atoms with Gasteiger partial charge >= 0.3 is 0 Å². The van der Waals surface area contributed by atoms with Crippen LogP contribution in [0.15, 0.2) is 23.1 Å². The van der Waals surface area contributed by atoms with E-state index in [1.807, 2.05) is 13.0 Å². The van der Waals surface area contributed by atoms with E-state index in [2.05, 4.69) is 4.72 Å². The van der Waals surface area contributed by atoms with E-state index in [0.29, 0.717) is 25.1 Å². The van der Waals surface area contributed by atoms with E-state index in [0.717, 1.165) is 24.8 Å². The van der Waals surface area contributed by atoms with Crippen molar-refractivity contribution in [3.63, 3.8) is 0 Å². The summed E-state index contributed by atoms with van der Waals surface area (Å²) in [5.74, 6) is -0.777. The topological polar surface area (TPSA) is 83.6 Å². The number of hydrogen-bond acceptors (Lipinski definition) is 4. The first-order chi connectivity index (χ1) is 11.8. The smallest absolute Gasteiger partial charge is 0.264 e. The molecule has 1 aliphatic heterocycles. The van der Waals surface area contributed by atoms with E-state index >= 15 is 0 Å². The number of amides is 2. The maximum Gasteiger partial charge on any atom is 0.264 e. The molecule has 1 N–H and O–H groups in total. The number of benzene rings is 1. The van der Waals surface area contributed by atoms with Crippen LogP contribution in [-0.4, -0.2) is 38.2 Å². The molecule has 136 valence electrons. The molecule has 1 saturated carbocycles. The van der Waals surface area contributed by atoms with Gasteiger partial charge in [-0.15, -0.1) is 0 Å². The Hall–Kier alpha value is -1.89. The van der Waals surface area contributed by atoms with E-state index in [4.69, 9.17) is 0 Å². The number of nitrogens with one attached hydrogen (secondary N) is 1. The second kappa shape index (κ2) is 6.78. The summed E-state index contributed by atoms with van der Waals surface area (Å²) in [6.07, 6.45) is 3.17. The van der Waals surface area contributed by atoms with Crippen molar-refractivity contribution < 1.29 is 18.0 Å². The van der Waals surface area contributed by atoms with Gasteiger partial charge in [-0.25, -0.2) is 13.1 Å². The maximum absolute atomic E-state index is 12.6. The van der Waals surface area contributed by atoms with Gasteiger partial charge in [0.05, 0.1) is 10.8 Å². The fourth-order valence-electron chi connectivity index (χ4n) is 3.25. The van der Waals surface area contributed by atoms with Gasteiger partial charge in [0.2, 0.25) is 11.8 Å². The molecule has 2 amide bonds. The van der Waals surface area contributed by atoms with Crippen LogP contribution in [0.3, 0.4) is 0 Å². The minimum atomic E-state index is -3.91. The SMILES string of the molecule is Cc1ccc(C)c(S(=O)(=O)NC(=O)C2CCCN(C(=O)C3CC3)C2)c1. The number of likely N-dealkylation sites (tertiary alicyclic amines) is 1. The molecular weight excluding hydrogens is 340 g/mol. The lowest BCUT2D eigenvalue weighted by atomic mass is 9.97. The van der Waals surface area contributed by atoms with Crippen molar-refractivity contribution in [2.45, 2.75) is 44.4 Å². The molecule has 1 aromatic carbocycles. The Bertz CT molecular complexity index is 799. The molecule has 3 rings (SSSR count). The zero-order chi connectivity index (χ0) is 18.2. The number of hydrogen-bond donors (Lipinski definition) is 1. The third kappa shape index (κ3) is 4.03. The molecule has 2 fully saturated rings. The summed E-state index contributed by atoms with van der Waals surface area (Å²) >= 11 is 0. The van der Waals surface area contributed by atoms with Crippen molar-refractivity contribution >= 4 is 21.8 Å². The van der Waals surface area contributed by atoms with Crippen LogP contribution >= 0.6 is 0 Å². The Morgan fingerprint density at radius 3 is 2.52 bits per heavy atom. The second-order valence-corrected chi connectivity index (χ2v) is 8.79. The fraction of sp³-hybridized carbons (Fsp3) is 0.556. The first-order valence-electron chi connectivity index (χ1n) is 8.70. The number of piperidine rings is 1. The molecule has 2 aliphatic rings. The Morgan fingerprint density at radius 1 is 1.12 bits per heavy atom. The summed E-state index contributed by atoms with van der Waals surface area (Å²) in [7, 11) is -3.91. The van der Waals surface area contributed by atoms with Gasteiger partial charge in [0, 0.05) is 19.0 Å². The highest BCUT2D eigenvalue weighted by molar-refractivity contribution is 7.90. The minimum absolute atomic E-state index is 0.106. The van der Waals surface area contributed by atoms with E-state index in [9.17, 15) is 18.0 Å². The van der Waals surface area contributed by atoms with E-state index in [1.165, 1.54) is 0 Å². The van der Waals surface area contributed by atoms with Gasteiger partial charge in [-0.1, -0.05) is 12.1 Å². The first-order valence-corrected chi connectivity index (χ1v) is 10.2. The van der Waals surface area contributed by atoms with Crippen LogP contribution in [0, 0.1) is 25.7 Å². The summed E-state index contributed by atoms with van der Waals surface area (Å²) in [6.45, 7) is 4.48. The zero-order valence-electron chi connectivity index (χ0n) is 14.6. The van der Waals surface area contributed by atoms with Crippen molar-refractivity contribution in [3.8, 4) is 0 Å². The Labute approximate surface area is 148 Å². The molecule has 1 aliphatic carbocycles. The summed E-state index contributed by atoms with van der Waals surface area (Å²) in [4.78, 5) is 26.5. The van der Waals surface area contributed by atoms with Crippen molar-refractivity contribution in [1.29, 1.82) is 0 Å². The zero-order valence-corrected chi connectivity index (χ0v) is 15.4. The van der Waals surface area contributed by atoms with E-state index < -0.39 is 21.8 Å². The number of carbonyl (C=O) groups is 2. The molecule has 1 unspecified atom stereocenters. The van der Waals surface area contributed by atoms with Gasteiger partial charge in [0.1, 0.15) is 0 Å². The molecule has 0 spiro atoms.